The minimum atomic E-state index is 0.519. The summed E-state index contributed by atoms with van der Waals surface area (Å²) in [5.74, 6) is 2.60. The van der Waals surface area contributed by atoms with E-state index < -0.39 is 0 Å². The van der Waals surface area contributed by atoms with Gasteiger partial charge in [-0.3, -0.25) is 0 Å². The molecule has 0 saturated carbocycles. The Kier molecular flexibility index (Phi) is 3.08. The molecule has 3 heteroatoms. The van der Waals surface area contributed by atoms with E-state index in [0.29, 0.717) is 15.6 Å². The molecule has 0 bridgehead atoms. The van der Waals surface area contributed by atoms with Crippen molar-refractivity contribution in [3.8, 4) is 11.3 Å². The molecule has 0 aliphatic heterocycles. The fourth-order valence-electron chi connectivity index (χ4n) is 0.664. The van der Waals surface area contributed by atoms with Gasteiger partial charge in [0, 0.05) is 5.38 Å². The summed E-state index contributed by atoms with van der Waals surface area (Å²) in [6, 6.07) is 5.18. The Bertz CT molecular complexity index is 300. The summed E-state index contributed by atoms with van der Waals surface area (Å²) < 4.78 is 0. The zero-order chi connectivity index (χ0) is 8.27. The summed E-state index contributed by atoms with van der Waals surface area (Å²) in [5, 5.41) is 3.26. The van der Waals surface area contributed by atoms with Gasteiger partial charge in [-0.2, -0.15) is 0 Å². The second-order valence-corrected chi connectivity index (χ2v) is 2.82. The van der Waals surface area contributed by atoms with Crippen molar-refractivity contribution in [2.75, 3.05) is 0 Å². The fourth-order valence-corrected chi connectivity index (χ4v) is 1.25. The third-order valence-electron chi connectivity index (χ3n) is 1.14. The van der Waals surface area contributed by atoms with Crippen LogP contribution in [0.15, 0.2) is 18.2 Å². The van der Waals surface area contributed by atoms with Crippen molar-refractivity contribution < 1.29 is 0 Å². The van der Waals surface area contributed by atoms with Gasteiger partial charge in [0.05, 0.1) is 15.6 Å². The van der Waals surface area contributed by atoms with Crippen LogP contribution in [0.3, 0.4) is 0 Å². The SMILES string of the molecule is ClC#Cc1c(Cl)cccc1Cl. The van der Waals surface area contributed by atoms with Crippen LogP contribution in [0.2, 0.25) is 10.0 Å². The highest BCUT2D eigenvalue weighted by molar-refractivity contribution is 6.37. The first-order valence-electron chi connectivity index (χ1n) is 2.81. The van der Waals surface area contributed by atoms with Crippen LogP contribution in [0.5, 0.6) is 0 Å². The Hall–Kier alpha value is -0.350. The van der Waals surface area contributed by atoms with Crippen LogP contribution in [0.1, 0.15) is 5.56 Å². The summed E-state index contributed by atoms with van der Waals surface area (Å²) in [6.45, 7) is 0. The second-order valence-electron chi connectivity index (χ2n) is 1.82. The lowest BCUT2D eigenvalue weighted by Gasteiger charge is -1.96. The third kappa shape index (κ3) is 2.04. The summed E-state index contributed by atoms with van der Waals surface area (Å²) in [5.41, 5.74) is 0.575. The lowest BCUT2D eigenvalue weighted by molar-refractivity contribution is 1.64. The zero-order valence-corrected chi connectivity index (χ0v) is 7.63. The molecule has 56 valence electrons. The molecular formula is C8H3Cl3. The van der Waals surface area contributed by atoms with Crippen LogP contribution in [-0.4, -0.2) is 0 Å². The fraction of sp³-hybridized carbons (Fsp3) is 0. The predicted octanol–water partition coefficient (Wildman–Crippen LogP) is 3.54. The molecule has 0 spiro atoms. The van der Waals surface area contributed by atoms with Crippen molar-refractivity contribution in [2.24, 2.45) is 0 Å². The van der Waals surface area contributed by atoms with Gasteiger partial charge in [0.25, 0.3) is 0 Å². The lowest BCUT2D eigenvalue weighted by Crippen LogP contribution is -1.77. The van der Waals surface area contributed by atoms with E-state index in [1.807, 2.05) is 0 Å². The van der Waals surface area contributed by atoms with Gasteiger partial charge in [-0.1, -0.05) is 29.3 Å². The normalized spacial score (nSPS) is 8.64. The first kappa shape index (κ1) is 8.74. The van der Waals surface area contributed by atoms with Gasteiger partial charge in [0.2, 0.25) is 0 Å². The van der Waals surface area contributed by atoms with E-state index >= 15 is 0 Å². The first-order valence-corrected chi connectivity index (χ1v) is 3.94. The highest BCUT2D eigenvalue weighted by atomic mass is 35.5. The van der Waals surface area contributed by atoms with Crippen LogP contribution in [0, 0.1) is 11.3 Å². The van der Waals surface area contributed by atoms with Crippen molar-refractivity contribution in [1.29, 1.82) is 0 Å². The van der Waals surface area contributed by atoms with Gasteiger partial charge in [-0.15, -0.1) is 0 Å². The molecule has 0 aliphatic rings. The summed E-state index contributed by atoms with van der Waals surface area (Å²) in [7, 11) is 0. The van der Waals surface area contributed by atoms with Gasteiger partial charge in [0.1, 0.15) is 0 Å². The van der Waals surface area contributed by atoms with E-state index in [-0.39, 0.29) is 0 Å². The van der Waals surface area contributed by atoms with Gasteiger partial charge >= 0.3 is 0 Å². The number of hydrogen-bond acceptors (Lipinski definition) is 0. The van der Waals surface area contributed by atoms with E-state index in [4.69, 9.17) is 34.8 Å². The molecule has 0 saturated heterocycles. The summed E-state index contributed by atoms with van der Waals surface area (Å²) >= 11 is 16.7. The predicted molar refractivity (Wildman–Crippen MR) is 49.2 cm³/mol. The Morgan fingerprint density at radius 1 is 1.09 bits per heavy atom. The molecule has 11 heavy (non-hydrogen) atoms. The molecule has 0 aromatic heterocycles. The topological polar surface area (TPSA) is 0 Å². The molecule has 1 rings (SSSR count). The molecule has 0 amide bonds. The van der Waals surface area contributed by atoms with Gasteiger partial charge in [0.15, 0.2) is 0 Å². The van der Waals surface area contributed by atoms with Gasteiger partial charge in [-0.05, 0) is 29.7 Å². The van der Waals surface area contributed by atoms with E-state index in [0.717, 1.165) is 0 Å². The number of rotatable bonds is 0. The Balaban J connectivity index is 3.28. The third-order valence-corrected chi connectivity index (χ3v) is 1.86. The molecule has 0 fully saturated rings. The van der Waals surface area contributed by atoms with Crippen LogP contribution >= 0.6 is 34.8 Å². The van der Waals surface area contributed by atoms with Crippen molar-refractivity contribution in [2.45, 2.75) is 0 Å². The van der Waals surface area contributed by atoms with E-state index in [1.165, 1.54) is 0 Å². The van der Waals surface area contributed by atoms with Crippen molar-refractivity contribution in [3.63, 3.8) is 0 Å². The maximum absolute atomic E-state index is 5.76. The quantitative estimate of drug-likeness (QED) is 0.568. The molecule has 0 N–H and O–H groups in total. The Labute approximate surface area is 80.1 Å². The van der Waals surface area contributed by atoms with Crippen LogP contribution in [0.4, 0.5) is 0 Å². The molecule has 0 nitrogen and oxygen atoms in total. The van der Waals surface area contributed by atoms with Crippen LogP contribution in [0.25, 0.3) is 0 Å². The number of hydrogen-bond donors (Lipinski definition) is 0. The highest BCUT2D eigenvalue weighted by Gasteiger charge is 2.00. The molecule has 0 aliphatic carbocycles. The average molecular weight is 205 g/mol. The standard InChI is InChI=1S/C8H3Cl3/c9-5-4-6-7(10)2-1-3-8(6)11/h1-3H. The minimum Gasteiger partial charge on any atom is -0.0829 e. The van der Waals surface area contributed by atoms with Crippen molar-refractivity contribution >= 4 is 34.8 Å². The lowest BCUT2D eigenvalue weighted by atomic mass is 10.2. The molecule has 0 unspecified atom stereocenters. The smallest absolute Gasteiger partial charge is 0.0630 e. The average Bonchev–Trinajstić information content (AvgIpc) is 1.97. The Morgan fingerprint density at radius 2 is 1.64 bits per heavy atom. The van der Waals surface area contributed by atoms with E-state index in [2.05, 4.69) is 11.3 Å². The molecular weight excluding hydrogens is 202 g/mol. The first-order chi connectivity index (χ1) is 5.25. The zero-order valence-electron chi connectivity index (χ0n) is 5.37. The van der Waals surface area contributed by atoms with Gasteiger partial charge in [-0.25, -0.2) is 0 Å². The summed E-state index contributed by atoms with van der Waals surface area (Å²) in [4.78, 5) is 0. The number of benzene rings is 1. The second kappa shape index (κ2) is 3.88. The van der Waals surface area contributed by atoms with Crippen molar-refractivity contribution in [1.82, 2.24) is 0 Å². The van der Waals surface area contributed by atoms with Crippen LogP contribution < -0.4 is 0 Å². The highest BCUT2D eigenvalue weighted by Crippen LogP contribution is 2.22. The molecule has 1 aromatic rings. The maximum Gasteiger partial charge on any atom is 0.0630 e. The largest absolute Gasteiger partial charge is 0.0829 e. The minimum absolute atomic E-state index is 0.519. The molecule has 0 heterocycles. The van der Waals surface area contributed by atoms with Crippen LogP contribution in [-0.2, 0) is 0 Å². The molecule has 0 atom stereocenters. The molecule has 0 radical (unpaired) electrons. The maximum atomic E-state index is 5.76. The van der Waals surface area contributed by atoms with Gasteiger partial charge < -0.3 is 0 Å². The summed E-state index contributed by atoms with van der Waals surface area (Å²) in [6.07, 6.45) is 0. The number of halogens is 3. The molecule has 1 aromatic carbocycles. The van der Waals surface area contributed by atoms with E-state index in [9.17, 15) is 0 Å². The van der Waals surface area contributed by atoms with E-state index in [1.54, 1.807) is 18.2 Å². The van der Waals surface area contributed by atoms with Crippen molar-refractivity contribution in [3.05, 3.63) is 33.8 Å². The Morgan fingerprint density at radius 3 is 2.09 bits per heavy atom. The monoisotopic (exact) mass is 204 g/mol.